The molecule has 0 saturated heterocycles. The number of pyridine rings is 1. The summed E-state index contributed by atoms with van der Waals surface area (Å²) in [6, 6.07) is 2.84. The van der Waals surface area contributed by atoms with Gasteiger partial charge < -0.3 is 10.3 Å². The van der Waals surface area contributed by atoms with Crippen molar-refractivity contribution in [3.8, 4) is 0 Å². The molecule has 0 fully saturated rings. The van der Waals surface area contributed by atoms with Gasteiger partial charge in [-0.3, -0.25) is 19.7 Å². The number of carbonyl (C=O) groups excluding carboxylic acids is 2. The molecule has 0 bridgehead atoms. The molecular formula is C15H18N4O3S. The summed E-state index contributed by atoms with van der Waals surface area (Å²) in [6.07, 6.45) is 2.38. The maximum atomic E-state index is 12.0. The minimum atomic E-state index is -0.369. The van der Waals surface area contributed by atoms with E-state index in [0.717, 1.165) is 6.42 Å². The zero-order chi connectivity index (χ0) is 16.8. The zero-order valence-corrected chi connectivity index (χ0v) is 13.7. The number of aromatic amines is 1. The maximum Gasteiger partial charge on any atom is 0.258 e. The maximum absolute atomic E-state index is 12.0. The number of rotatable bonds is 6. The molecule has 7 nitrogen and oxygen atoms in total. The van der Waals surface area contributed by atoms with Crippen LogP contribution in [0, 0.1) is 0 Å². The van der Waals surface area contributed by atoms with E-state index in [9.17, 15) is 14.4 Å². The molecule has 3 N–H and O–H groups in total. The topological polar surface area (TPSA) is 104 Å². The van der Waals surface area contributed by atoms with Gasteiger partial charge in [0, 0.05) is 23.7 Å². The standard InChI is InChI=1S/C15H18N4O3S/c1-3-9(2)17-13(21)6-11-8-23-15(18-11)19-14(22)10-4-5-12(20)16-7-10/h4-5,7-9H,3,6H2,1-2H3,(H,16,20)(H,17,21)(H,18,19,22). The van der Waals surface area contributed by atoms with Crippen molar-refractivity contribution in [1.82, 2.24) is 15.3 Å². The van der Waals surface area contributed by atoms with Crippen LogP contribution in [0.2, 0.25) is 0 Å². The lowest BCUT2D eigenvalue weighted by molar-refractivity contribution is -0.121. The van der Waals surface area contributed by atoms with Crippen LogP contribution in [0.15, 0.2) is 28.5 Å². The number of hydrogen-bond donors (Lipinski definition) is 3. The fourth-order valence-electron chi connectivity index (χ4n) is 1.76. The Balaban J connectivity index is 1.94. The molecule has 8 heteroatoms. The molecule has 0 radical (unpaired) electrons. The molecule has 0 aromatic carbocycles. The second kappa shape index (κ2) is 7.68. The molecule has 23 heavy (non-hydrogen) atoms. The summed E-state index contributed by atoms with van der Waals surface area (Å²) in [6.45, 7) is 3.94. The molecule has 0 spiro atoms. The fourth-order valence-corrected chi connectivity index (χ4v) is 2.46. The van der Waals surface area contributed by atoms with Gasteiger partial charge >= 0.3 is 0 Å². The molecular weight excluding hydrogens is 316 g/mol. The van der Waals surface area contributed by atoms with Gasteiger partial charge in [-0.2, -0.15) is 0 Å². The van der Waals surface area contributed by atoms with E-state index >= 15 is 0 Å². The lowest BCUT2D eigenvalue weighted by atomic mass is 10.2. The molecule has 2 aromatic rings. The highest BCUT2D eigenvalue weighted by Crippen LogP contribution is 2.16. The van der Waals surface area contributed by atoms with Gasteiger partial charge in [-0.05, 0) is 19.4 Å². The molecule has 2 amide bonds. The van der Waals surface area contributed by atoms with Gasteiger partial charge in [-0.15, -0.1) is 11.3 Å². The van der Waals surface area contributed by atoms with Crippen molar-refractivity contribution in [2.75, 3.05) is 5.32 Å². The van der Waals surface area contributed by atoms with Crippen LogP contribution in [-0.4, -0.2) is 27.8 Å². The largest absolute Gasteiger partial charge is 0.353 e. The highest BCUT2D eigenvalue weighted by molar-refractivity contribution is 7.14. The molecule has 0 aliphatic carbocycles. The summed E-state index contributed by atoms with van der Waals surface area (Å²) in [5.41, 5.74) is 0.661. The molecule has 2 aromatic heterocycles. The summed E-state index contributed by atoms with van der Waals surface area (Å²) in [4.78, 5) is 41.4. The highest BCUT2D eigenvalue weighted by atomic mass is 32.1. The molecule has 0 saturated carbocycles. The van der Waals surface area contributed by atoms with Gasteiger partial charge in [-0.1, -0.05) is 6.92 Å². The summed E-state index contributed by atoms with van der Waals surface area (Å²) in [5, 5.41) is 7.65. The molecule has 0 aliphatic rings. The van der Waals surface area contributed by atoms with E-state index in [2.05, 4.69) is 20.6 Å². The van der Waals surface area contributed by atoms with Crippen molar-refractivity contribution >= 4 is 28.3 Å². The average molecular weight is 334 g/mol. The molecule has 1 unspecified atom stereocenters. The molecule has 2 heterocycles. The second-order valence-electron chi connectivity index (χ2n) is 5.09. The summed E-state index contributed by atoms with van der Waals surface area (Å²) < 4.78 is 0. The number of anilines is 1. The number of carbonyl (C=O) groups is 2. The first-order chi connectivity index (χ1) is 11.0. The van der Waals surface area contributed by atoms with Crippen LogP contribution in [0.1, 0.15) is 36.3 Å². The van der Waals surface area contributed by atoms with E-state index in [1.54, 1.807) is 5.38 Å². The summed E-state index contributed by atoms with van der Waals surface area (Å²) in [7, 11) is 0. The Kier molecular flexibility index (Phi) is 5.64. The van der Waals surface area contributed by atoms with E-state index in [4.69, 9.17) is 0 Å². The van der Waals surface area contributed by atoms with Gasteiger partial charge in [0.2, 0.25) is 11.5 Å². The Morgan fingerprint density at radius 1 is 1.39 bits per heavy atom. The minimum Gasteiger partial charge on any atom is -0.353 e. The molecule has 1 atom stereocenters. The predicted molar refractivity (Wildman–Crippen MR) is 88.7 cm³/mol. The van der Waals surface area contributed by atoms with Crippen molar-refractivity contribution in [2.24, 2.45) is 0 Å². The number of nitrogens with zero attached hydrogens (tertiary/aromatic N) is 1. The van der Waals surface area contributed by atoms with Crippen LogP contribution in [0.25, 0.3) is 0 Å². The van der Waals surface area contributed by atoms with Crippen molar-refractivity contribution in [3.05, 3.63) is 45.3 Å². The quantitative estimate of drug-likeness (QED) is 0.745. The van der Waals surface area contributed by atoms with E-state index in [-0.39, 0.29) is 29.8 Å². The van der Waals surface area contributed by atoms with E-state index in [1.807, 2.05) is 13.8 Å². The number of H-pyrrole nitrogens is 1. The van der Waals surface area contributed by atoms with Crippen molar-refractivity contribution in [2.45, 2.75) is 32.7 Å². The number of amides is 2. The van der Waals surface area contributed by atoms with Gasteiger partial charge in [0.1, 0.15) is 0 Å². The number of thiazole rings is 1. The third kappa shape index (κ3) is 5.03. The first-order valence-electron chi connectivity index (χ1n) is 7.21. The zero-order valence-electron chi connectivity index (χ0n) is 12.9. The second-order valence-corrected chi connectivity index (χ2v) is 5.95. The first kappa shape index (κ1) is 16.9. The van der Waals surface area contributed by atoms with Crippen LogP contribution >= 0.6 is 11.3 Å². The third-order valence-electron chi connectivity index (χ3n) is 3.18. The van der Waals surface area contributed by atoms with Crippen LogP contribution in [0.4, 0.5) is 5.13 Å². The average Bonchev–Trinajstić information content (AvgIpc) is 2.94. The number of aromatic nitrogens is 2. The van der Waals surface area contributed by atoms with Gasteiger partial charge in [-0.25, -0.2) is 4.98 Å². The Morgan fingerprint density at radius 2 is 2.17 bits per heavy atom. The van der Waals surface area contributed by atoms with Gasteiger partial charge in [0.25, 0.3) is 5.91 Å². The fraction of sp³-hybridized carbons (Fsp3) is 0.333. The number of nitrogens with one attached hydrogen (secondary N) is 3. The van der Waals surface area contributed by atoms with Crippen LogP contribution < -0.4 is 16.2 Å². The van der Waals surface area contributed by atoms with E-state index in [1.165, 1.54) is 29.7 Å². The number of hydrogen-bond acceptors (Lipinski definition) is 5. The smallest absolute Gasteiger partial charge is 0.258 e. The minimum absolute atomic E-state index is 0.0943. The van der Waals surface area contributed by atoms with Crippen molar-refractivity contribution in [1.29, 1.82) is 0 Å². The molecule has 122 valence electrons. The molecule has 2 rings (SSSR count). The highest BCUT2D eigenvalue weighted by Gasteiger charge is 2.12. The first-order valence-corrected chi connectivity index (χ1v) is 8.09. The monoisotopic (exact) mass is 334 g/mol. The summed E-state index contributed by atoms with van der Waals surface area (Å²) >= 11 is 1.25. The molecule has 0 aliphatic heterocycles. The third-order valence-corrected chi connectivity index (χ3v) is 3.99. The lowest BCUT2D eigenvalue weighted by Crippen LogP contribution is -2.33. The van der Waals surface area contributed by atoms with Crippen LogP contribution in [0.5, 0.6) is 0 Å². The Morgan fingerprint density at radius 3 is 2.83 bits per heavy atom. The lowest BCUT2D eigenvalue weighted by Gasteiger charge is -2.10. The Hall–Kier alpha value is -2.48. The van der Waals surface area contributed by atoms with Crippen LogP contribution in [-0.2, 0) is 11.2 Å². The Labute approximate surface area is 137 Å². The van der Waals surface area contributed by atoms with E-state index < -0.39 is 0 Å². The van der Waals surface area contributed by atoms with Gasteiger partial charge in [0.05, 0.1) is 17.7 Å². The van der Waals surface area contributed by atoms with Crippen LogP contribution in [0.3, 0.4) is 0 Å². The SMILES string of the molecule is CCC(C)NC(=O)Cc1csc(NC(=O)c2ccc(=O)[nH]c2)n1. The summed E-state index contributed by atoms with van der Waals surface area (Å²) in [5.74, 6) is -0.464. The predicted octanol–water partition coefficient (Wildman–Crippen LogP) is 1.54. The van der Waals surface area contributed by atoms with Gasteiger partial charge in [0.15, 0.2) is 5.13 Å². The normalized spacial score (nSPS) is 11.7. The van der Waals surface area contributed by atoms with Crippen molar-refractivity contribution in [3.63, 3.8) is 0 Å². The Bertz CT molecular complexity index is 733. The van der Waals surface area contributed by atoms with Crippen molar-refractivity contribution < 1.29 is 9.59 Å². The van der Waals surface area contributed by atoms with E-state index in [0.29, 0.717) is 16.4 Å².